The Morgan fingerprint density at radius 1 is 1.60 bits per heavy atom. The molecule has 1 fully saturated rings. The second-order valence-electron chi connectivity index (χ2n) is 3.86. The van der Waals surface area contributed by atoms with E-state index in [2.05, 4.69) is 10.2 Å². The maximum absolute atomic E-state index is 10.5. The number of carboxylic acid groups (broad SMARTS) is 1. The molecule has 7 nitrogen and oxygen atoms in total. The average Bonchev–Trinajstić information content (AvgIpc) is 2.70. The molecule has 0 aromatic carbocycles. The fraction of sp³-hybridized carbons (Fsp3) is 0.625. The second-order valence-corrected chi connectivity index (χ2v) is 3.86. The van der Waals surface area contributed by atoms with Gasteiger partial charge in [-0.2, -0.15) is 0 Å². The van der Waals surface area contributed by atoms with Crippen molar-refractivity contribution in [1.29, 1.82) is 0 Å². The van der Waals surface area contributed by atoms with Crippen LogP contribution in [0.15, 0.2) is 4.42 Å². The summed E-state index contributed by atoms with van der Waals surface area (Å²) in [6.45, 7) is 2.66. The number of carboxylic acids is 1. The lowest BCUT2D eigenvalue weighted by molar-refractivity contribution is 0.0654. The number of rotatable bonds is 2. The van der Waals surface area contributed by atoms with E-state index in [4.69, 9.17) is 9.52 Å². The Kier molecular flexibility index (Phi) is 2.11. The van der Waals surface area contributed by atoms with Gasteiger partial charge in [0.2, 0.25) is 0 Å². The number of aromatic carboxylic acids is 1. The fourth-order valence-corrected chi connectivity index (χ4v) is 1.54. The van der Waals surface area contributed by atoms with E-state index in [1.165, 1.54) is 0 Å². The van der Waals surface area contributed by atoms with Crippen LogP contribution in [0, 0.1) is 0 Å². The Morgan fingerprint density at radius 3 is 2.80 bits per heavy atom. The molecule has 1 aliphatic heterocycles. The van der Waals surface area contributed by atoms with Crippen LogP contribution in [0.4, 0.5) is 6.01 Å². The molecule has 1 unspecified atom stereocenters. The molecular formula is C8H11N3O4. The number of aromatic nitrogens is 2. The summed E-state index contributed by atoms with van der Waals surface area (Å²) in [5.74, 6) is -1.68. The minimum atomic E-state index is -1.25. The Balaban J connectivity index is 2.14. The smallest absolute Gasteiger partial charge is 0.393 e. The van der Waals surface area contributed by atoms with Gasteiger partial charge in [-0.3, -0.25) is 0 Å². The Morgan fingerprint density at radius 2 is 2.33 bits per heavy atom. The van der Waals surface area contributed by atoms with Crippen LogP contribution in [0.5, 0.6) is 0 Å². The van der Waals surface area contributed by atoms with E-state index in [1.54, 1.807) is 11.8 Å². The first-order valence-corrected chi connectivity index (χ1v) is 4.52. The van der Waals surface area contributed by atoms with Gasteiger partial charge >= 0.3 is 17.9 Å². The third-order valence-corrected chi connectivity index (χ3v) is 2.32. The number of nitrogens with zero attached hydrogens (tertiary/aromatic N) is 3. The van der Waals surface area contributed by atoms with Crippen LogP contribution in [0.25, 0.3) is 0 Å². The van der Waals surface area contributed by atoms with Crippen molar-refractivity contribution in [2.75, 3.05) is 18.0 Å². The summed E-state index contributed by atoms with van der Waals surface area (Å²) < 4.78 is 4.92. The molecule has 1 aliphatic rings. The maximum Gasteiger partial charge on any atom is 0.393 e. The van der Waals surface area contributed by atoms with Crippen molar-refractivity contribution in [3.8, 4) is 0 Å². The van der Waals surface area contributed by atoms with Crippen molar-refractivity contribution >= 4 is 12.0 Å². The van der Waals surface area contributed by atoms with Crippen LogP contribution < -0.4 is 4.90 Å². The van der Waals surface area contributed by atoms with Crippen molar-refractivity contribution in [3.63, 3.8) is 0 Å². The molecule has 2 N–H and O–H groups in total. The van der Waals surface area contributed by atoms with E-state index in [1.807, 2.05) is 0 Å². The van der Waals surface area contributed by atoms with Crippen LogP contribution in [0.3, 0.4) is 0 Å². The molecule has 82 valence electrons. The number of hydrogen-bond acceptors (Lipinski definition) is 6. The molecule has 1 aromatic heterocycles. The number of aliphatic hydroxyl groups is 1. The highest BCUT2D eigenvalue weighted by Gasteiger charge is 2.34. The third-order valence-electron chi connectivity index (χ3n) is 2.32. The topological polar surface area (TPSA) is 99.7 Å². The molecule has 0 spiro atoms. The quantitative estimate of drug-likeness (QED) is 0.697. The van der Waals surface area contributed by atoms with Gasteiger partial charge in [-0.1, -0.05) is 10.2 Å². The molecule has 15 heavy (non-hydrogen) atoms. The van der Waals surface area contributed by atoms with Gasteiger partial charge in [0.1, 0.15) is 0 Å². The van der Waals surface area contributed by atoms with E-state index in [9.17, 15) is 9.90 Å². The zero-order chi connectivity index (χ0) is 11.1. The molecule has 0 bridgehead atoms. The lowest BCUT2D eigenvalue weighted by Crippen LogP contribution is -2.29. The second kappa shape index (κ2) is 3.20. The molecule has 1 saturated heterocycles. The van der Waals surface area contributed by atoms with E-state index in [0.717, 1.165) is 0 Å². The van der Waals surface area contributed by atoms with Gasteiger partial charge in [0, 0.05) is 6.54 Å². The van der Waals surface area contributed by atoms with Crippen molar-refractivity contribution in [2.24, 2.45) is 0 Å². The lowest BCUT2D eigenvalue weighted by Gasteiger charge is -2.16. The monoisotopic (exact) mass is 213 g/mol. The summed E-state index contributed by atoms with van der Waals surface area (Å²) in [6.07, 6.45) is 0.595. The van der Waals surface area contributed by atoms with Crippen LogP contribution in [-0.2, 0) is 0 Å². The van der Waals surface area contributed by atoms with E-state index in [0.29, 0.717) is 19.5 Å². The largest absolute Gasteiger partial charge is 0.474 e. The van der Waals surface area contributed by atoms with E-state index in [-0.39, 0.29) is 6.01 Å². The van der Waals surface area contributed by atoms with Crippen molar-refractivity contribution in [2.45, 2.75) is 18.9 Å². The zero-order valence-electron chi connectivity index (χ0n) is 8.17. The molecule has 2 rings (SSSR count). The summed E-state index contributed by atoms with van der Waals surface area (Å²) in [6, 6.07) is 0.144. The van der Waals surface area contributed by atoms with Crippen LogP contribution in [-0.4, -0.2) is 45.1 Å². The van der Waals surface area contributed by atoms with Gasteiger partial charge < -0.3 is 19.5 Å². The molecule has 0 radical (unpaired) electrons. The van der Waals surface area contributed by atoms with Gasteiger partial charge in [0.05, 0.1) is 12.1 Å². The van der Waals surface area contributed by atoms with Gasteiger partial charge in [-0.15, -0.1) is 0 Å². The average molecular weight is 213 g/mol. The SMILES string of the molecule is CC1(O)CCN(c2nnc(C(=O)O)o2)C1. The molecule has 0 aliphatic carbocycles. The first-order valence-electron chi connectivity index (χ1n) is 4.52. The molecular weight excluding hydrogens is 202 g/mol. The van der Waals surface area contributed by atoms with E-state index < -0.39 is 17.5 Å². The van der Waals surface area contributed by atoms with Crippen LogP contribution in [0.1, 0.15) is 24.0 Å². The fourth-order valence-electron chi connectivity index (χ4n) is 1.54. The summed E-state index contributed by atoms with van der Waals surface area (Å²) in [7, 11) is 0. The summed E-state index contributed by atoms with van der Waals surface area (Å²) >= 11 is 0. The Labute approximate surface area is 85.3 Å². The van der Waals surface area contributed by atoms with Crippen molar-refractivity contribution in [1.82, 2.24) is 10.2 Å². The molecule has 0 amide bonds. The predicted octanol–water partition coefficient (Wildman–Crippen LogP) is -0.271. The number of β-amino-alcohol motifs (C(OH)–C–C–N with tert-alkyl or cyclic N) is 1. The van der Waals surface area contributed by atoms with Gasteiger partial charge in [0.15, 0.2) is 0 Å². The van der Waals surface area contributed by atoms with Gasteiger partial charge in [-0.05, 0) is 13.3 Å². The number of hydrogen-bond donors (Lipinski definition) is 2. The van der Waals surface area contributed by atoms with E-state index >= 15 is 0 Å². The zero-order valence-corrected chi connectivity index (χ0v) is 8.17. The minimum Gasteiger partial charge on any atom is -0.474 e. The maximum atomic E-state index is 10.5. The highest BCUT2D eigenvalue weighted by Crippen LogP contribution is 2.25. The number of anilines is 1. The summed E-state index contributed by atoms with van der Waals surface area (Å²) in [5.41, 5.74) is -0.780. The summed E-state index contributed by atoms with van der Waals surface area (Å²) in [4.78, 5) is 12.2. The number of carbonyl (C=O) groups is 1. The molecule has 7 heteroatoms. The van der Waals surface area contributed by atoms with Gasteiger partial charge in [0.25, 0.3) is 0 Å². The normalized spacial score (nSPS) is 25.9. The highest BCUT2D eigenvalue weighted by atomic mass is 16.4. The molecule has 2 heterocycles. The Bertz CT molecular complexity index is 387. The molecule has 1 atom stereocenters. The highest BCUT2D eigenvalue weighted by molar-refractivity contribution is 5.82. The summed E-state index contributed by atoms with van der Waals surface area (Å²) in [5, 5.41) is 25.2. The standard InChI is InChI=1S/C8H11N3O4/c1-8(14)2-3-11(4-8)7-10-9-5(15-7)6(12)13/h14H,2-4H2,1H3,(H,12,13). The third kappa shape index (κ3) is 1.91. The minimum absolute atomic E-state index is 0.144. The van der Waals surface area contributed by atoms with Crippen molar-refractivity contribution < 1.29 is 19.4 Å². The van der Waals surface area contributed by atoms with Crippen LogP contribution in [0.2, 0.25) is 0 Å². The van der Waals surface area contributed by atoms with Crippen LogP contribution >= 0.6 is 0 Å². The van der Waals surface area contributed by atoms with Gasteiger partial charge in [-0.25, -0.2) is 4.79 Å². The first kappa shape index (κ1) is 9.91. The molecule has 0 saturated carbocycles. The Hall–Kier alpha value is -1.63. The predicted molar refractivity (Wildman–Crippen MR) is 48.7 cm³/mol. The first-order chi connectivity index (χ1) is 6.98. The van der Waals surface area contributed by atoms with Crippen molar-refractivity contribution in [3.05, 3.63) is 5.89 Å². The molecule has 1 aromatic rings. The lowest BCUT2D eigenvalue weighted by atomic mass is 10.1.